The standard InChI is InChI=1S/C14H13FN2O/c1-17-5-4-14-11(7-17)12(8-18)10-6-9(15)2-3-13(10)16-14/h2-3,6,8H,4-5,7H2,1H3. The van der Waals surface area contributed by atoms with Gasteiger partial charge in [0.15, 0.2) is 6.29 Å². The minimum atomic E-state index is -0.337. The highest BCUT2D eigenvalue weighted by Gasteiger charge is 2.20. The molecule has 1 aliphatic rings. The van der Waals surface area contributed by atoms with Crippen molar-refractivity contribution in [2.75, 3.05) is 13.6 Å². The first-order valence-electron chi connectivity index (χ1n) is 5.94. The van der Waals surface area contributed by atoms with E-state index in [1.807, 2.05) is 7.05 Å². The molecule has 0 fully saturated rings. The summed E-state index contributed by atoms with van der Waals surface area (Å²) in [5, 5.41) is 0.610. The van der Waals surface area contributed by atoms with E-state index in [-0.39, 0.29) is 5.82 Å². The Balaban J connectivity index is 2.34. The summed E-state index contributed by atoms with van der Waals surface area (Å²) in [4.78, 5) is 18.0. The van der Waals surface area contributed by atoms with Gasteiger partial charge in [-0.3, -0.25) is 9.78 Å². The number of halogens is 1. The van der Waals surface area contributed by atoms with Gasteiger partial charge in [0.1, 0.15) is 5.82 Å². The van der Waals surface area contributed by atoms with Crippen LogP contribution in [0, 0.1) is 5.82 Å². The van der Waals surface area contributed by atoms with Crippen LogP contribution < -0.4 is 0 Å². The molecule has 92 valence electrons. The van der Waals surface area contributed by atoms with Gasteiger partial charge in [0, 0.05) is 36.2 Å². The smallest absolute Gasteiger partial charge is 0.151 e. The van der Waals surface area contributed by atoms with Crippen LogP contribution in [-0.4, -0.2) is 29.8 Å². The van der Waals surface area contributed by atoms with E-state index in [4.69, 9.17) is 0 Å². The van der Waals surface area contributed by atoms with Gasteiger partial charge in [-0.05, 0) is 30.8 Å². The number of carbonyl (C=O) groups excluding carboxylic acids is 1. The molecular weight excluding hydrogens is 231 g/mol. The second-order valence-corrected chi connectivity index (χ2v) is 4.72. The number of rotatable bonds is 1. The van der Waals surface area contributed by atoms with Crippen LogP contribution in [0.4, 0.5) is 4.39 Å². The van der Waals surface area contributed by atoms with E-state index >= 15 is 0 Å². The van der Waals surface area contributed by atoms with Crippen LogP contribution in [0.25, 0.3) is 10.9 Å². The summed E-state index contributed by atoms with van der Waals surface area (Å²) in [5.41, 5.74) is 3.19. The van der Waals surface area contributed by atoms with Crippen LogP contribution in [0.1, 0.15) is 21.6 Å². The number of aldehydes is 1. The van der Waals surface area contributed by atoms with E-state index in [0.29, 0.717) is 23.0 Å². The summed E-state index contributed by atoms with van der Waals surface area (Å²) in [5.74, 6) is -0.337. The number of nitrogens with zero attached hydrogens (tertiary/aromatic N) is 2. The normalized spacial score (nSPS) is 15.7. The Morgan fingerprint density at radius 2 is 2.28 bits per heavy atom. The molecule has 0 spiro atoms. The summed E-state index contributed by atoms with van der Waals surface area (Å²) in [6.45, 7) is 1.63. The van der Waals surface area contributed by atoms with E-state index in [1.165, 1.54) is 12.1 Å². The van der Waals surface area contributed by atoms with Gasteiger partial charge in [0.2, 0.25) is 0 Å². The first-order valence-corrected chi connectivity index (χ1v) is 5.94. The zero-order valence-corrected chi connectivity index (χ0v) is 10.1. The maximum atomic E-state index is 13.3. The highest BCUT2D eigenvalue weighted by atomic mass is 19.1. The number of fused-ring (bicyclic) bond motifs is 2. The first-order chi connectivity index (χ1) is 8.69. The fourth-order valence-corrected chi connectivity index (χ4v) is 2.52. The molecule has 0 bridgehead atoms. The van der Waals surface area contributed by atoms with Crippen molar-refractivity contribution in [3.63, 3.8) is 0 Å². The van der Waals surface area contributed by atoms with Gasteiger partial charge < -0.3 is 4.90 Å². The molecule has 1 aromatic carbocycles. The lowest BCUT2D eigenvalue weighted by Gasteiger charge is -2.26. The highest BCUT2D eigenvalue weighted by Crippen LogP contribution is 2.26. The molecular formula is C14H13FN2O. The average Bonchev–Trinajstić information content (AvgIpc) is 2.36. The van der Waals surface area contributed by atoms with E-state index in [9.17, 15) is 9.18 Å². The number of carbonyl (C=O) groups is 1. The number of likely N-dealkylation sites (N-methyl/N-ethyl adjacent to an activating group) is 1. The molecule has 1 aliphatic heterocycles. The molecule has 3 rings (SSSR count). The number of hydrogen-bond acceptors (Lipinski definition) is 3. The third-order valence-corrected chi connectivity index (χ3v) is 3.45. The van der Waals surface area contributed by atoms with Crippen molar-refractivity contribution in [1.29, 1.82) is 0 Å². The van der Waals surface area contributed by atoms with Gasteiger partial charge in [-0.15, -0.1) is 0 Å². The van der Waals surface area contributed by atoms with Crippen molar-refractivity contribution >= 4 is 17.2 Å². The third-order valence-electron chi connectivity index (χ3n) is 3.45. The van der Waals surface area contributed by atoms with Gasteiger partial charge in [-0.2, -0.15) is 0 Å². The first kappa shape index (κ1) is 11.3. The summed E-state index contributed by atoms with van der Waals surface area (Å²) in [6, 6.07) is 4.41. The van der Waals surface area contributed by atoms with Crippen molar-refractivity contribution in [1.82, 2.24) is 9.88 Å². The van der Waals surface area contributed by atoms with Crippen LogP contribution in [0.5, 0.6) is 0 Å². The van der Waals surface area contributed by atoms with Crippen LogP contribution in [-0.2, 0) is 13.0 Å². The molecule has 2 heterocycles. The summed E-state index contributed by atoms with van der Waals surface area (Å²) in [6.07, 6.45) is 1.65. The molecule has 0 saturated heterocycles. The Labute approximate surface area is 104 Å². The van der Waals surface area contributed by atoms with E-state index in [2.05, 4.69) is 9.88 Å². The van der Waals surface area contributed by atoms with E-state index in [0.717, 1.165) is 30.5 Å². The Kier molecular flexibility index (Phi) is 2.59. The fourth-order valence-electron chi connectivity index (χ4n) is 2.52. The molecule has 0 atom stereocenters. The lowest BCUT2D eigenvalue weighted by atomic mass is 9.97. The maximum Gasteiger partial charge on any atom is 0.151 e. The molecule has 0 amide bonds. The van der Waals surface area contributed by atoms with Crippen molar-refractivity contribution < 1.29 is 9.18 Å². The quantitative estimate of drug-likeness (QED) is 0.721. The average molecular weight is 244 g/mol. The largest absolute Gasteiger partial charge is 0.302 e. The van der Waals surface area contributed by atoms with Crippen LogP contribution in [0.3, 0.4) is 0 Å². The number of aromatic nitrogens is 1. The van der Waals surface area contributed by atoms with Crippen molar-refractivity contribution in [3.05, 3.63) is 40.8 Å². The van der Waals surface area contributed by atoms with Gasteiger partial charge in [0.25, 0.3) is 0 Å². The zero-order valence-electron chi connectivity index (χ0n) is 10.1. The summed E-state index contributed by atoms with van der Waals surface area (Å²) >= 11 is 0. The minimum Gasteiger partial charge on any atom is -0.302 e. The molecule has 0 N–H and O–H groups in total. The highest BCUT2D eigenvalue weighted by molar-refractivity contribution is 5.98. The molecule has 0 aliphatic carbocycles. The molecule has 4 heteroatoms. The maximum absolute atomic E-state index is 13.3. The molecule has 0 radical (unpaired) electrons. The zero-order chi connectivity index (χ0) is 12.7. The van der Waals surface area contributed by atoms with Crippen molar-refractivity contribution in [3.8, 4) is 0 Å². The molecule has 18 heavy (non-hydrogen) atoms. The number of benzene rings is 1. The second kappa shape index (κ2) is 4.14. The lowest BCUT2D eigenvalue weighted by molar-refractivity contribution is 0.112. The lowest BCUT2D eigenvalue weighted by Crippen LogP contribution is -2.28. The van der Waals surface area contributed by atoms with Gasteiger partial charge >= 0.3 is 0 Å². The topological polar surface area (TPSA) is 33.2 Å². The Morgan fingerprint density at radius 3 is 3.06 bits per heavy atom. The van der Waals surface area contributed by atoms with Crippen molar-refractivity contribution in [2.24, 2.45) is 0 Å². The molecule has 2 aromatic rings. The Hall–Kier alpha value is -1.81. The van der Waals surface area contributed by atoms with Gasteiger partial charge in [0.05, 0.1) is 5.52 Å². The second-order valence-electron chi connectivity index (χ2n) is 4.72. The monoisotopic (exact) mass is 244 g/mol. The number of hydrogen-bond donors (Lipinski definition) is 0. The minimum absolute atomic E-state index is 0.337. The van der Waals surface area contributed by atoms with Gasteiger partial charge in [-0.1, -0.05) is 0 Å². The third kappa shape index (κ3) is 1.69. The van der Waals surface area contributed by atoms with Gasteiger partial charge in [-0.25, -0.2) is 4.39 Å². The van der Waals surface area contributed by atoms with E-state index in [1.54, 1.807) is 6.07 Å². The van der Waals surface area contributed by atoms with Crippen molar-refractivity contribution in [2.45, 2.75) is 13.0 Å². The van der Waals surface area contributed by atoms with Crippen LogP contribution in [0.2, 0.25) is 0 Å². The SMILES string of the molecule is CN1CCc2nc3ccc(F)cc3c(C=O)c2C1. The Morgan fingerprint density at radius 1 is 1.44 bits per heavy atom. The molecule has 1 aromatic heterocycles. The summed E-state index contributed by atoms with van der Waals surface area (Å²) < 4.78 is 13.3. The van der Waals surface area contributed by atoms with E-state index < -0.39 is 0 Å². The number of pyridine rings is 1. The molecule has 3 nitrogen and oxygen atoms in total. The predicted octanol–water partition coefficient (Wildman–Crippen LogP) is 2.17. The molecule has 0 unspecified atom stereocenters. The van der Waals surface area contributed by atoms with Crippen LogP contribution in [0.15, 0.2) is 18.2 Å². The fraction of sp³-hybridized carbons (Fsp3) is 0.286. The van der Waals surface area contributed by atoms with Crippen LogP contribution >= 0.6 is 0 Å². The predicted molar refractivity (Wildman–Crippen MR) is 67.1 cm³/mol. The molecule has 0 saturated carbocycles. The Bertz CT molecular complexity index is 639. The summed E-state index contributed by atoms with van der Waals surface area (Å²) in [7, 11) is 2.01.